The minimum atomic E-state index is 0. The number of benzene rings is 4. The van der Waals surface area contributed by atoms with E-state index in [2.05, 4.69) is 177 Å². The second kappa shape index (κ2) is 25.6. The van der Waals surface area contributed by atoms with Gasteiger partial charge in [0.05, 0.1) is 0 Å². The van der Waals surface area contributed by atoms with Crippen molar-refractivity contribution < 1.29 is 49.0 Å². The van der Waals surface area contributed by atoms with E-state index >= 15 is 0 Å². The minimum absolute atomic E-state index is 0. The Hall–Kier alpha value is -2.44. The molecule has 5 rings (SSSR count). The van der Waals surface area contributed by atoms with Crippen LogP contribution in [0.5, 0.6) is 0 Å². The first kappa shape index (κ1) is 48.6. The van der Waals surface area contributed by atoms with Crippen molar-refractivity contribution in [3.63, 3.8) is 0 Å². The fourth-order valence-corrected chi connectivity index (χ4v) is 8.45. The van der Waals surface area contributed by atoms with E-state index in [4.69, 9.17) is 0 Å². The Kier molecular flexibility index (Phi) is 23.5. The van der Waals surface area contributed by atoms with Gasteiger partial charge in [0.25, 0.3) is 0 Å². The summed E-state index contributed by atoms with van der Waals surface area (Å²) in [4.78, 5) is 0. The summed E-state index contributed by atoms with van der Waals surface area (Å²) in [5.41, 5.74) is 6.24. The summed E-state index contributed by atoms with van der Waals surface area (Å²) in [5, 5.41) is 0. The van der Waals surface area contributed by atoms with E-state index in [0.717, 1.165) is 12.8 Å². The zero-order valence-corrected chi connectivity index (χ0v) is 37.4. The topological polar surface area (TPSA) is 0 Å². The molecule has 0 aliphatic rings. The molecule has 0 saturated heterocycles. The van der Waals surface area contributed by atoms with Gasteiger partial charge in [0.15, 0.2) is 0 Å². The molecule has 0 saturated carbocycles. The van der Waals surface area contributed by atoms with Crippen molar-refractivity contribution in [2.45, 2.75) is 98.8 Å². The van der Waals surface area contributed by atoms with Gasteiger partial charge in [-0.05, 0) is 41.1 Å². The van der Waals surface area contributed by atoms with Crippen molar-refractivity contribution >= 4 is 3.21 Å². The van der Waals surface area contributed by atoms with E-state index in [9.17, 15) is 0 Å². The van der Waals surface area contributed by atoms with E-state index in [1.807, 2.05) is 30.3 Å². The van der Waals surface area contributed by atoms with Gasteiger partial charge in [0, 0.05) is 0 Å². The van der Waals surface area contributed by atoms with Crippen molar-refractivity contribution in [3.8, 4) is 0 Å². The first-order chi connectivity index (χ1) is 24.4. The molecule has 0 fully saturated rings. The number of hydrogen-bond donors (Lipinski definition) is 0. The molecule has 284 valence electrons. The Morgan fingerprint density at radius 1 is 0.547 bits per heavy atom. The standard InChI is InChI=1S/C30H45.C15H14.C5H5.2ClH.Zr/c1-9-16-26(25-19-14-11-15-20-25)28(30(6,7)8)22-21-27(29(3,4)5)23(2)24-17-12-10-13-18-24;1-3-8-14(9-4-1)12-7-13-15-10-5-2-6-11-15;1-2-4-5-3-1;;;/h10-15,17-20,23,26-28H,2,9,16,21-22H2,1,3-8H3;1-6,8-11H,12-13H2;1-5H;2*1H;/q-1;;-1;;;+2/p-2. The Bertz CT molecular complexity index is 1520. The SMILES string of the molecule is [CH2-]C(c1ccccc1)C(CCC(C(CCC)c1ccccc1)C(C)(C)C)C(C)(C)C.[Cl-].[Cl-].[Zr+2]=[C](Cc1ccccc1)Cc1ccccc1.c1cc[cH-]c1. The van der Waals surface area contributed by atoms with Crippen LogP contribution >= 0.6 is 0 Å². The van der Waals surface area contributed by atoms with Crippen LogP contribution in [0.4, 0.5) is 0 Å². The predicted molar refractivity (Wildman–Crippen MR) is 221 cm³/mol. The molecule has 0 aromatic heterocycles. The summed E-state index contributed by atoms with van der Waals surface area (Å²) in [6.07, 6.45) is 7.21. The number of halogens is 2. The second-order valence-corrected chi connectivity index (χ2v) is 18.0. The van der Waals surface area contributed by atoms with Crippen LogP contribution in [0.15, 0.2) is 152 Å². The maximum atomic E-state index is 4.65. The maximum Gasteiger partial charge on any atom is -0.172 e. The molecule has 0 aliphatic heterocycles. The van der Waals surface area contributed by atoms with Crippen LogP contribution in [0.2, 0.25) is 0 Å². The van der Waals surface area contributed by atoms with Gasteiger partial charge in [-0.2, -0.15) is 18.2 Å². The monoisotopic (exact) mass is 824 g/mol. The molecule has 3 heteroatoms. The summed E-state index contributed by atoms with van der Waals surface area (Å²) < 4.78 is 1.60. The van der Waals surface area contributed by atoms with Gasteiger partial charge in [0.1, 0.15) is 0 Å². The van der Waals surface area contributed by atoms with E-state index in [0.29, 0.717) is 23.7 Å². The van der Waals surface area contributed by atoms with Crippen molar-refractivity contribution in [2.75, 3.05) is 0 Å². The molecular weight excluding hydrogens is 763 g/mol. The van der Waals surface area contributed by atoms with Crippen molar-refractivity contribution in [1.82, 2.24) is 0 Å². The Morgan fingerprint density at radius 2 is 0.925 bits per heavy atom. The van der Waals surface area contributed by atoms with Gasteiger partial charge in [-0.1, -0.05) is 133 Å². The average Bonchev–Trinajstić information content (AvgIpc) is 3.71. The third-order valence-electron chi connectivity index (χ3n) is 10.1. The Labute approximate surface area is 352 Å². The molecule has 53 heavy (non-hydrogen) atoms. The molecule has 0 nitrogen and oxygen atoms in total. The maximum absolute atomic E-state index is 4.65. The second-order valence-electron chi connectivity index (χ2n) is 16.2. The Morgan fingerprint density at radius 3 is 1.28 bits per heavy atom. The first-order valence-corrected chi connectivity index (χ1v) is 20.4. The van der Waals surface area contributed by atoms with Gasteiger partial charge >= 0.3 is 112 Å². The van der Waals surface area contributed by atoms with Gasteiger partial charge in [-0.25, -0.2) is 12.1 Å². The molecule has 4 atom stereocenters. The molecule has 5 aromatic carbocycles. The van der Waals surface area contributed by atoms with E-state index in [1.54, 1.807) is 27.4 Å². The zero-order chi connectivity index (χ0) is 37.1. The number of rotatable bonds is 13. The summed E-state index contributed by atoms with van der Waals surface area (Å²) in [7, 11) is 0. The third kappa shape index (κ3) is 18.2. The van der Waals surface area contributed by atoms with Gasteiger partial charge in [-0.3, -0.25) is 0 Å². The molecule has 4 unspecified atom stereocenters. The fourth-order valence-electron chi connectivity index (χ4n) is 7.45. The quantitative estimate of drug-likeness (QED) is 0.106. The van der Waals surface area contributed by atoms with Crippen LogP contribution in [0.1, 0.15) is 108 Å². The summed E-state index contributed by atoms with van der Waals surface area (Å²) in [5.74, 6) is 2.17. The molecule has 0 N–H and O–H groups in total. The summed E-state index contributed by atoms with van der Waals surface area (Å²) in [6.45, 7) is 21.5. The van der Waals surface area contributed by atoms with Gasteiger partial charge < -0.3 is 31.7 Å². The third-order valence-corrected chi connectivity index (χ3v) is 11.0. The summed E-state index contributed by atoms with van der Waals surface area (Å²) in [6, 6.07) is 53.6. The van der Waals surface area contributed by atoms with Gasteiger partial charge in [-0.15, -0.1) is 5.92 Å². The normalized spacial score (nSPS) is 13.2. The van der Waals surface area contributed by atoms with Crippen LogP contribution in [0.3, 0.4) is 0 Å². The Balaban J connectivity index is 0.000000507. The molecule has 0 bridgehead atoms. The molecular formula is C50H64Cl2Zr-2. The van der Waals surface area contributed by atoms with Crippen LogP contribution in [-0.2, 0) is 37.1 Å². The van der Waals surface area contributed by atoms with Crippen LogP contribution in [-0.4, -0.2) is 3.21 Å². The van der Waals surface area contributed by atoms with Crippen molar-refractivity contribution in [1.29, 1.82) is 0 Å². The molecule has 0 heterocycles. The predicted octanol–water partition coefficient (Wildman–Crippen LogP) is 7.90. The van der Waals surface area contributed by atoms with E-state index < -0.39 is 0 Å². The van der Waals surface area contributed by atoms with E-state index in [1.165, 1.54) is 47.9 Å². The molecule has 5 aromatic rings. The van der Waals surface area contributed by atoms with Crippen molar-refractivity contribution in [3.05, 3.63) is 181 Å². The van der Waals surface area contributed by atoms with Crippen molar-refractivity contribution in [2.24, 2.45) is 22.7 Å². The van der Waals surface area contributed by atoms with Crippen LogP contribution in [0.25, 0.3) is 0 Å². The van der Waals surface area contributed by atoms with Crippen LogP contribution < -0.4 is 24.8 Å². The van der Waals surface area contributed by atoms with Crippen LogP contribution in [0, 0.1) is 29.6 Å². The number of hydrogen-bond acceptors (Lipinski definition) is 0. The molecule has 0 radical (unpaired) electrons. The first-order valence-electron chi connectivity index (χ1n) is 19.1. The zero-order valence-electron chi connectivity index (χ0n) is 33.4. The fraction of sp³-hybridized carbons (Fsp3) is 0.380. The molecule has 0 aliphatic carbocycles. The summed E-state index contributed by atoms with van der Waals surface area (Å²) >= 11 is 1.55. The van der Waals surface area contributed by atoms with E-state index in [-0.39, 0.29) is 35.6 Å². The van der Waals surface area contributed by atoms with Gasteiger partial charge in [0.2, 0.25) is 0 Å². The average molecular weight is 827 g/mol. The molecule has 0 spiro atoms. The molecule has 0 amide bonds. The largest absolute Gasteiger partial charge is 0.214 e. The minimum Gasteiger partial charge on any atom is -0.214 e. The smallest absolute Gasteiger partial charge is 0.172 e.